The zero-order chi connectivity index (χ0) is 10.2. The van der Waals surface area contributed by atoms with Crippen LogP contribution in [0.5, 0.6) is 0 Å². The van der Waals surface area contributed by atoms with Gasteiger partial charge in [0, 0.05) is 10.7 Å². The van der Waals surface area contributed by atoms with Gasteiger partial charge in [0.1, 0.15) is 0 Å². The summed E-state index contributed by atoms with van der Waals surface area (Å²) in [7, 11) is 1.42. The molecule has 0 N–H and O–H groups in total. The van der Waals surface area contributed by atoms with E-state index in [2.05, 4.69) is 0 Å². The lowest BCUT2D eigenvalue weighted by Crippen LogP contribution is -1.94. The average molecular weight is 260 g/mol. The molecule has 0 atom stereocenters. The number of halogens is 3. The van der Waals surface area contributed by atoms with Crippen molar-refractivity contribution in [2.75, 3.05) is 0 Å². The van der Waals surface area contributed by atoms with Crippen molar-refractivity contribution in [2.24, 2.45) is 0 Å². The maximum atomic E-state index is 11.0. The molecule has 0 saturated carbocycles. The van der Waals surface area contributed by atoms with Gasteiger partial charge >= 0.3 is 0 Å². The van der Waals surface area contributed by atoms with E-state index in [1.54, 1.807) is 6.92 Å². The van der Waals surface area contributed by atoms with Crippen molar-refractivity contribution in [3.63, 3.8) is 0 Å². The lowest BCUT2D eigenvalue weighted by atomic mass is 10.2. The topological polar surface area (TPSA) is 34.1 Å². The van der Waals surface area contributed by atoms with E-state index in [4.69, 9.17) is 33.9 Å². The first-order chi connectivity index (χ1) is 5.82. The molecule has 72 valence electrons. The van der Waals surface area contributed by atoms with Gasteiger partial charge in [-0.1, -0.05) is 23.2 Å². The van der Waals surface area contributed by atoms with E-state index in [1.165, 1.54) is 12.1 Å². The summed E-state index contributed by atoms with van der Waals surface area (Å²) in [5.74, 6) is 0. The fraction of sp³-hybridized carbons (Fsp3) is 0.143. The van der Waals surface area contributed by atoms with Crippen LogP contribution in [-0.4, -0.2) is 8.42 Å². The first kappa shape index (κ1) is 11.1. The van der Waals surface area contributed by atoms with Gasteiger partial charge in [0.25, 0.3) is 9.05 Å². The van der Waals surface area contributed by atoms with Crippen LogP contribution in [0.4, 0.5) is 0 Å². The summed E-state index contributed by atoms with van der Waals surface area (Å²) in [5.41, 5.74) is 0.476. The molecule has 0 unspecified atom stereocenters. The van der Waals surface area contributed by atoms with E-state index < -0.39 is 9.05 Å². The highest BCUT2D eigenvalue weighted by Gasteiger charge is 2.15. The Bertz CT molecular complexity index is 439. The number of hydrogen-bond donors (Lipinski definition) is 0. The molecular weight excluding hydrogens is 255 g/mol. The normalized spacial score (nSPS) is 11.7. The lowest BCUT2D eigenvalue weighted by molar-refractivity contribution is 0.609. The second kappa shape index (κ2) is 3.65. The second-order valence-corrected chi connectivity index (χ2v) is 5.82. The monoisotopic (exact) mass is 258 g/mol. The van der Waals surface area contributed by atoms with Crippen LogP contribution in [0.3, 0.4) is 0 Å². The highest BCUT2D eigenvalue weighted by Crippen LogP contribution is 2.29. The van der Waals surface area contributed by atoms with Crippen molar-refractivity contribution in [3.8, 4) is 0 Å². The summed E-state index contributed by atoms with van der Waals surface area (Å²) < 4.78 is 22.0. The quantitative estimate of drug-likeness (QED) is 0.726. The van der Waals surface area contributed by atoms with E-state index in [9.17, 15) is 8.42 Å². The van der Waals surface area contributed by atoms with Crippen LogP contribution in [0.15, 0.2) is 17.0 Å². The lowest BCUT2D eigenvalue weighted by Gasteiger charge is -2.03. The molecule has 0 aliphatic heterocycles. The van der Waals surface area contributed by atoms with Crippen molar-refractivity contribution < 1.29 is 8.42 Å². The van der Waals surface area contributed by atoms with Gasteiger partial charge in [-0.25, -0.2) is 8.42 Å². The summed E-state index contributed by atoms with van der Waals surface area (Å²) in [6.45, 7) is 1.59. The molecule has 0 spiro atoms. The van der Waals surface area contributed by atoms with Crippen molar-refractivity contribution in [1.82, 2.24) is 0 Å². The molecule has 0 radical (unpaired) electrons. The van der Waals surface area contributed by atoms with Crippen LogP contribution >= 0.6 is 33.9 Å². The van der Waals surface area contributed by atoms with Crippen LogP contribution in [0, 0.1) is 6.92 Å². The number of hydrogen-bond acceptors (Lipinski definition) is 2. The van der Waals surface area contributed by atoms with Gasteiger partial charge in [-0.05, 0) is 24.6 Å². The standard InChI is InChI=1S/C7H5Cl3O2S/c1-4-2-5(8)6(9)3-7(4)13(10,11)12/h2-3H,1H3. The Labute approximate surface area is 90.8 Å². The fourth-order valence-corrected chi connectivity index (χ4v) is 2.54. The summed E-state index contributed by atoms with van der Waals surface area (Å²) in [4.78, 5) is -0.0106. The SMILES string of the molecule is Cc1cc(Cl)c(Cl)cc1S(=O)(=O)Cl. The Morgan fingerprint density at radius 2 is 1.62 bits per heavy atom. The molecular formula is C7H5Cl3O2S. The van der Waals surface area contributed by atoms with Gasteiger partial charge < -0.3 is 0 Å². The second-order valence-electron chi connectivity index (χ2n) is 2.47. The van der Waals surface area contributed by atoms with Crippen molar-refractivity contribution >= 4 is 42.9 Å². The molecule has 2 nitrogen and oxygen atoms in total. The molecule has 0 aliphatic rings. The Kier molecular flexibility index (Phi) is 3.12. The predicted octanol–water partition coefficient (Wildman–Crippen LogP) is 3.23. The Morgan fingerprint density at radius 3 is 2.08 bits per heavy atom. The molecule has 6 heteroatoms. The molecule has 0 bridgehead atoms. The minimum absolute atomic E-state index is 0.0106. The van der Waals surface area contributed by atoms with Gasteiger partial charge in [-0.15, -0.1) is 0 Å². The van der Waals surface area contributed by atoms with Gasteiger partial charge in [0.05, 0.1) is 14.9 Å². The van der Waals surface area contributed by atoms with Crippen molar-refractivity contribution in [1.29, 1.82) is 0 Å². The average Bonchev–Trinajstić information content (AvgIpc) is 1.94. The van der Waals surface area contributed by atoms with Gasteiger partial charge in [0.2, 0.25) is 0 Å². The van der Waals surface area contributed by atoms with E-state index in [0.29, 0.717) is 10.6 Å². The van der Waals surface area contributed by atoms with Crippen molar-refractivity contribution in [3.05, 3.63) is 27.7 Å². The molecule has 0 saturated heterocycles. The summed E-state index contributed by atoms with van der Waals surface area (Å²) >= 11 is 11.3. The maximum Gasteiger partial charge on any atom is 0.261 e. The fourth-order valence-electron chi connectivity index (χ4n) is 0.891. The van der Waals surface area contributed by atoms with Crippen LogP contribution in [0.2, 0.25) is 10.0 Å². The minimum Gasteiger partial charge on any atom is -0.207 e. The minimum atomic E-state index is -3.74. The zero-order valence-corrected chi connectivity index (χ0v) is 9.60. The molecule has 1 aromatic rings. The van der Waals surface area contributed by atoms with Gasteiger partial charge in [-0.2, -0.15) is 0 Å². The number of aryl methyl sites for hydroxylation is 1. The van der Waals surface area contributed by atoms with Crippen LogP contribution < -0.4 is 0 Å². The molecule has 1 rings (SSSR count). The van der Waals surface area contributed by atoms with Gasteiger partial charge in [0.15, 0.2) is 0 Å². The Balaban J connectivity index is 3.50. The molecule has 0 aromatic heterocycles. The Morgan fingerprint density at radius 1 is 1.15 bits per heavy atom. The van der Waals surface area contributed by atoms with E-state index in [1.807, 2.05) is 0 Å². The van der Waals surface area contributed by atoms with Crippen LogP contribution in [0.25, 0.3) is 0 Å². The van der Waals surface area contributed by atoms with E-state index >= 15 is 0 Å². The summed E-state index contributed by atoms with van der Waals surface area (Å²) in [6.07, 6.45) is 0. The summed E-state index contributed by atoms with van der Waals surface area (Å²) in [6, 6.07) is 2.70. The first-order valence-corrected chi connectivity index (χ1v) is 6.29. The zero-order valence-electron chi connectivity index (χ0n) is 6.51. The molecule has 13 heavy (non-hydrogen) atoms. The molecule has 1 aromatic carbocycles. The number of rotatable bonds is 1. The third-order valence-electron chi connectivity index (χ3n) is 1.48. The number of benzene rings is 1. The van der Waals surface area contributed by atoms with E-state index in [0.717, 1.165) is 0 Å². The third-order valence-corrected chi connectivity index (χ3v) is 3.67. The van der Waals surface area contributed by atoms with Crippen LogP contribution in [-0.2, 0) is 9.05 Å². The van der Waals surface area contributed by atoms with E-state index in [-0.39, 0.29) is 9.92 Å². The van der Waals surface area contributed by atoms with Gasteiger partial charge in [-0.3, -0.25) is 0 Å². The predicted molar refractivity (Wildman–Crippen MR) is 54.2 cm³/mol. The van der Waals surface area contributed by atoms with Crippen LogP contribution in [0.1, 0.15) is 5.56 Å². The molecule has 0 heterocycles. The highest BCUT2D eigenvalue weighted by molar-refractivity contribution is 8.13. The van der Waals surface area contributed by atoms with Crippen molar-refractivity contribution in [2.45, 2.75) is 11.8 Å². The highest BCUT2D eigenvalue weighted by atomic mass is 35.7. The first-order valence-electron chi connectivity index (χ1n) is 3.22. The Hall–Kier alpha value is 0.0400. The molecule has 0 fully saturated rings. The molecule has 0 amide bonds. The third kappa shape index (κ3) is 2.50. The summed E-state index contributed by atoms with van der Waals surface area (Å²) in [5, 5.41) is 0.481. The largest absolute Gasteiger partial charge is 0.261 e. The smallest absolute Gasteiger partial charge is 0.207 e. The maximum absolute atomic E-state index is 11.0. The molecule has 0 aliphatic carbocycles.